The van der Waals surface area contributed by atoms with Gasteiger partial charge in [0.15, 0.2) is 5.13 Å². The highest BCUT2D eigenvalue weighted by Gasteiger charge is 2.21. The maximum absolute atomic E-state index is 13.4. The molecule has 0 spiro atoms. The monoisotopic (exact) mass is 500 g/mol. The van der Waals surface area contributed by atoms with Crippen LogP contribution in [0.1, 0.15) is 17.0 Å². The Kier molecular flexibility index (Phi) is 7.26. The lowest BCUT2D eigenvalue weighted by molar-refractivity contribution is -0.116. The number of thioether (sulfide) groups is 1. The van der Waals surface area contributed by atoms with Gasteiger partial charge < -0.3 is 4.74 Å². The van der Waals surface area contributed by atoms with Crippen molar-refractivity contribution < 1.29 is 9.53 Å². The molecule has 0 atom stereocenters. The number of hydrogen-bond donors (Lipinski definition) is 0. The quantitative estimate of drug-likeness (QED) is 0.282. The van der Waals surface area contributed by atoms with Crippen molar-refractivity contribution in [2.75, 3.05) is 24.3 Å². The maximum atomic E-state index is 13.4. The van der Waals surface area contributed by atoms with Crippen LogP contribution in [0.15, 0.2) is 47.4 Å². The first-order valence-electron chi connectivity index (χ1n) is 10.5. The fraction of sp³-hybridized carbons (Fsp3) is 0.292. The van der Waals surface area contributed by atoms with E-state index in [1.54, 1.807) is 12.0 Å². The molecule has 2 heterocycles. The Morgan fingerprint density at radius 1 is 1.18 bits per heavy atom. The Morgan fingerprint density at radius 2 is 1.94 bits per heavy atom. The molecule has 0 bridgehead atoms. The predicted molar refractivity (Wildman–Crippen MR) is 137 cm³/mol. The van der Waals surface area contributed by atoms with E-state index in [9.17, 15) is 4.79 Å². The van der Waals surface area contributed by atoms with Crippen molar-refractivity contribution in [2.45, 2.75) is 32.2 Å². The molecule has 0 aliphatic heterocycles. The van der Waals surface area contributed by atoms with E-state index in [2.05, 4.69) is 5.10 Å². The molecule has 0 aliphatic rings. The third-order valence-electron chi connectivity index (χ3n) is 5.33. The number of aromatic nitrogens is 3. The van der Waals surface area contributed by atoms with Gasteiger partial charge in [-0.25, -0.2) is 4.98 Å². The number of halogens is 1. The van der Waals surface area contributed by atoms with Crippen LogP contribution in [0.25, 0.3) is 10.2 Å². The molecule has 0 saturated heterocycles. The first-order valence-corrected chi connectivity index (χ1v) is 12.7. The van der Waals surface area contributed by atoms with Crippen molar-refractivity contribution in [3.05, 3.63) is 64.4 Å². The molecule has 2 aromatic heterocycles. The number of amides is 1. The molecule has 0 N–H and O–H groups in total. The van der Waals surface area contributed by atoms with E-state index >= 15 is 0 Å². The zero-order valence-electron chi connectivity index (χ0n) is 19.0. The average molecular weight is 501 g/mol. The largest absolute Gasteiger partial charge is 0.497 e. The van der Waals surface area contributed by atoms with Crippen LogP contribution in [0, 0.1) is 20.8 Å². The van der Waals surface area contributed by atoms with Crippen LogP contribution in [0.2, 0.25) is 5.02 Å². The lowest BCUT2D eigenvalue weighted by Crippen LogP contribution is -2.35. The number of carbonyl (C=O) groups excluding carboxylic acids is 1. The van der Waals surface area contributed by atoms with E-state index in [0.717, 1.165) is 37.8 Å². The molecule has 0 fully saturated rings. The minimum atomic E-state index is 0.000144. The van der Waals surface area contributed by atoms with E-state index in [0.29, 0.717) is 29.0 Å². The zero-order chi connectivity index (χ0) is 23.5. The molecule has 4 rings (SSSR count). The van der Waals surface area contributed by atoms with Crippen molar-refractivity contribution in [1.82, 2.24) is 14.8 Å². The van der Waals surface area contributed by atoms with Gasteiger partial charge in [0.1, 0.15) is 5.75 Å². The summed E-state index contributed by atoms with van der Waals surface area (Å²) in [7, 11) is 1.64. The summed E-state index contributed by atoms with van der Waals surface area (Å²) in [6.45, 7) is 7.02. The van der Waals surface area contributed by atoms with E-state index in [-0.39, 0.29) is 5.91 Å². The van der Waals surface area contributed by atoms with Crippen molar-refractivity contribution in [3.8, 4) is 5.75 Å². The van der Waals surface area contributed by atoms with Crippen LogP contribution in [0.4, 0.5) is 5.13 Å². The lowest BCUT2D eigenvalue weighted by Gasteiger charge is -2.20. The molecule has 172 valence electrons. The SMILES string of the molecule is COc1ccc(SCC(=O)N(CCn2nc(C)cc2C)c2nc3c(C)c(Cl)ccc3s2)cc1. The standard InChI is InChI=1S/C24H25ClN4O2S2/c1-15-13-16(2)29(27-15)12-11-28(22(30)14-32-19-7-5-18(31-4)6-8-19)24-26-23-17(3)20(25)9-10-21(23)33-24/h5-10,13H,11-12,14H2,1-4H3. The number of benzene rings is 2. The highest BCUT2D eigenvalue weighted by Crippen LogP contribution is 2.34. The van der Waals surface area contributed by atoms with Crippen LogP contribution in [0.5, 0.6) is 5.75 Å². The molecule has 0 radical (unpaired) electrons. The van der Waals surface area contributed by atoms with Gasteiger partial charge in [-0.15, -0.1) is 11.8 Å². The van der Waals surface area contributed by atoms with Gasteiger partial charge in [-0.1, -0.05) is 22.9 Å². The number of rotatable bonds is 8. The topological polar surface area (TPSA) is 60.2 Å². The Bertz CT molecular complexity index is 1280. The number of hydrogen-bond acceptors (Lipinski definition) is 6. The maximum Gasteiger partial charge on any atom is 0.239 e. The molecule has 4 aromatic rings. The van der Waals surface area contributed by atoms with Gasteiger partial charge in [-0.3, -0.25) is 14.4 Å². The third-order valence-corrected chi connectivity index (χ3v) is 7.78. The minimum Gasteiger partial charge on any atom is -0.497 e. The first kappa shape index (κ1) is 23.6. The van der Waals surface area contributed by atoms with Crippen LogP contribution in [-0.4, -0.2) is 40.1 Å². The van der Waals surface area contributed by atoms with E-state index in [1.165, 1.54) is 23.1 Å². The molecule has 6 nitrogen and oxygen atoms in total. The Hall–Kier alpha value is -2.55. The highest BCUT2D eigenvalue weighted by molar-refractivity contribution is 8.00. The number of aryl methyl sites for hydroxylation is 3. The predicted octanol–water partition coefficient (Wildman–Crippen LogP) is 5.91. The second kappa shape index (κ2) is 10.2. The summed E-state index contributed by atoms with van der Waals surface area (Å²) in [5.41, 5.74) is 3.80. The summed E-state index contributed by atoms with van der Waals surface area (Å²) in [5, 5.41) is 5.89. The van der Waals surface area contributed by atoms with Gasteiger partial charge in [0.25, 0.3) is 0 Å². The van der Waals surface area contributed by atoms with Crippen molar-refractivity contribution in [2.24, 2.45) is 0 Å². The zero-order valence-corrected chi connectivity index (χ0v) is 21.4. The van der Waals surface area contributed by atoms with E-state index in [4.69, 9.17) is 21.3 Å². The molecule has 1 amide bonds. The van der Waals surface area contributed by atoms with Crippen LogP contribution < -0.4 is 9.64 Å². The number of nitrogens with zero attached hydrogens (tertiary/aromatic N) is 4. The van der Waals surface area contributed by atoms with E-state index in [1.807, 2.05) is 67.9 Å². The summed E-state index contributed by atoms with van der Waals surface area (Å²) < 4.78 is 8.16. The lowest BCUT2D eigenvalue weighted by atomic mass is 10.2. The van der Waals surface area contributed by atoms with Gasteiger partial charge in [0.2, 0.25) is 5.91 Å². The van der Waals surface area contributed by atoms with Crippen molar-refractivity contribution in [1.29, 1.82) is 0 Å². The smallest absolute Gasteiger partial charge is 0.239 e. The van der Waals surface area contributed by atoms with Gasteiger partial charge in [0, 0.05) is 22.2 Å². The molecule has 33 heavy (non-hydrogen) atoms. The number of anilines is 1. The number of ether oxygens (including phenoxy) is 1. The Labute approximate surface area is 206 Å². The second-order valence-corrected chi connectivity index (χ2v) is 10.1. The summed E-state index contributed by atoms with van der Waals surface area (Å²) in [4.78, 5) is 20.9. The number of thiazole rings is 1. The molecule has 9 heteroatoms. The molecular formula is C24H25ClN4O2S2. The van der Waals surface area contributed by atoms with Gasteiger partial charge >= 0.3 is 0 Å². The third kappa shape index (κ3) is 5.34. The summed E-state index contributed by atoms with van der Waals surface area (Å²) in [6.07, 6.45) is 0. The number of fused-ring (bicyclic) bond motifs is 1. The Balaban J connectivity index is 1.58. The molecule has 0 saturated carbocycles. The molecule has 2 aromatic carbocycles. The molecular weight excluding hydrogens is 476 g/mol. The van der Waals surface area contributed by atoms with Gasteiger partial charge in [-0.05, 0) is 68.8 Å². The van der Waals surface area contributed by atoms with Gasteiger partial charge in [0.05, 0.1) is 35.3 Å². The van der Waals surface area contributed by atoms with Gasteiger partial charge in [-0.2, -0.15) is 5.10 Å². The highest BCUT2D eigenvalue weighted by atomic mass is 35.5. The number of methoxy groups -OCH3 is 1. The fourth-order valence-corrected chi connectivity index (χ4v) is 5.52. The van der Waals surface area contributed by atoms with E-state index < -0.39 is 0 Å². The van der Waals surface area contributed by atoms with Crippen molar-refractivity contribution >= 4 is 56.0 Å². The normalized spacial score (nSPS) is 11.2. The van der Waals surface area contributed by atoms with Crippen LogP contribution in [0.3, 0.4) is 0 Å². The summed E-state index contributed by atoms with van der Waals surface area (Å²) in [6, 6.07) is 13.6. The molecule has 0 aliphatic carbocycles. The fourth-order valence-electron chi connectivity index (χ4n) is 3.52. The average Bonchev–Trinajstić information content (AvgIpc) is 3.38. The summed E-state index contributed by atoms with van der Waals surface area (Å²) >= 11 is 9.31. The number of carbonyl (C=O) groups is 1. The molecule has 0 unspecified atom stereocenters. The van der Waals surface area contributed by atoms with Crippen LogP contribution in [-0.2, 0) is 11.3 Å². The Morgan fingerprint density at radius 3 is 2.61 bits per heavy atom. The second-order valence-electron chi connectivity index (χ2n) is 7.68. The van der Waals surface area contributed by atoms with Crippen LogP contribution >= 0.6 is 34.7 Å². The first-order chi connectivity index (χ1) is 15.9. The summed E-state index contributed by atoms with van der Waals surface area (Å²) in [5.74, 6) is 1.10. The van der Waals surface area contributed by atoms with Crippen molar-refractivity contribution in [3.63, 3.8) is 0 Å². The minimum absolute atomic E-state index is 0.000144.